The molecule has 5 rings (SSSR count). The van der Waals surface area contributed by atoms with Gasteiger partial charge in [0, 0.05) is 21.8 Å². The highest BCUT2D eigenvalue weighted by Gasteiger charge is 2.14. The Balaban J connectivity index is 1.19. The van der Waals surface area contributed by atoms with E-state index in [9.17, 15) is 9.90 Å². The molecular formula is C27H23N3O4. The summed E-state index contributed by atoms with van der Waals surface area (Å²) in [5.74, 6) is 0.414. The monoisotopic (exact) mass is 453 g/mol. The summed E-state index contributed by atoms with van der Waals surface area (Å²) in [5, 5.41) is 17.0. The Morgan fingerprint density at radius 3 is 2.29 bits per heavy atom. The predicted molar refractivity (Wildman–Crippen MR) is 131 cm³/mol. The molecule has 0 unspecified atom stereocenters. The van der Waals surface area contributed by atoms with Gasteiger partial charge in [0.15, 0.2) is 5.76 Å². The van der Waals surface area contributed by atoms with Crippen molar-refractivity contribution in [2.24, 2.45) is 5.10 Å². The minimum atomic E-state index is -0.683. The smallest absolute Gasteiger partial charge is 0.307 e. The van der Waals surface area contributed by atoms with Gasteiger partial charge in [-0.25, -0.2) is 5.43 Å². The van der Waals surface area contributed by atoms with Crippen molar-refractivity contribution >= 4 is 33.9 Å². The van der Waals surface area contributed by atoms with Gasteiger partial charge in [0.05, 0.1) is 19.0 Å². The highest BCUT2D eigenvalue weighted by molar-refractivity contribution is 6.07. The summed E-state index contributed by atoms with van der Waals surface area (Å²) in [7, 11) is 0. The first-order chi connectivity index (χ1) is 16.7. The van der Waals surface area contributed by atoms with Crippen LogP contribution in [0.25, 0.3) is 21.8 Å². The van der Waals surface area contributed by atoms with E-state index in [1.807, 2.05) is 36.4 Å². The van der Waals surface area contributed by atoms with Gasteiger partial charge in [-0.05, 0) is 54.1 Å². The summed E-state index contributed by atoms with van der Waals surface area (Å²) in [6.45, 7) is 0.585. The van der Waals surface area contributed by atoms with Crippen LogP contribution in [0.4, 0.5) is 0 Å². The summed E-state index contributed by atoms with van der Waals surface area (Å²) < 4.78 is 12.9. The number of carbonyl (C=O) groups excluding carboxylic acids is 1. The van der Waals surface area contributed by atoms with Gasteiger partial charge in [-0.1, -0.05) is 36.4 Å². The fourth-order valence-corrected chi connectivity index (χ4v) is 3.93. The quantitative estimate of drug-likeness (QED) is 0.266. The molecule has 0 spiro atoms. The number of aliphatic hydroxyl groups excluding tert-OH is 1. The molecule has 0 radical (unpaired) electrons. The number of hydrazone groups is 1. The number of carbonyl (C=O) groups is 1. The molecule has 2 aromatic heterocycles. The molecule has 2 heterocycles. The standard InChI is InChI=1S/C27H23N3O4/c31-20(17-30-24-8-3-1-6-22(24)23-7-2-4-9-25(23)30)18-34-21-13-11-19(12-14-21)16-28-29-27(32)26-10-5-15-33-26/h1-16,20,31H,17-18H2,(H,29,32)/b28-16-/t20-/m1/s1. The molecule has 1 amide bonds. The second-order valence-corrected chi connectivity index (χ2v) is 7.86. The van der Waals surface area contributed by atoms with E-state index < -0.39 is 12.0 Å². The fourth-order valence-electron chi connectivity index (χ4n) is 3.93. The number of hydrogen-bond acceptors (Lipinski definition) is 5. The van der Waals surface area contributed by atoms with Crippen molar-refractivity contribution in [2.75, 3.05) is 6.61 Å². The van der Waals surface area contributed by atoms with Crippen molar-refractivity contribution in [3.63, 3.8) is 0 Å². The van der Waals surface area contributed by atoms with Gasteiger partial charge in [-0.2, -0.15) is 5.10 Å². The number of nitrogens with zero attached hydrogens (tertiary/aromatic N) is 2. The molecule has 0 aliphatic carbocycles. The Hall–Kier alpha value is -4.36. The van der Waals surface area contributed by atoms with Gasteiger partial charge in [0.2, 0.25) is 0 Å². The first-order valence-electron chi connectivity index (χ1n) is 10.9. The van der Waals surface area contributed by atoms with Crippen LogP contribution in [0, 0.1) is 0 Å². The van der Waals surface area contributed by atoms with Gasteiger partial charge < -0.3 is 18.8 Å². The zero-order valence-corrected chi connectivity index (χ0v) is 18.3. The molecule has 0 aliphatic heterocycles. The number of para-hydroxylation sites is 2. The zero-order chi connectivity index (χ0) is 23.3. The van der Waals surface area contributed by atoms with Crippen LogP contribution >= 0.6 is 0 Å². The van der Waals surface area contributed by atoms with Crippen molar-refractivity contribution < 1.29 is 19.1 Å². The lowest BCUT2D eigenvalue weighted by Crippen LogP contribution is -2.23. The van der Waals surface area contributed by atoms with E-state index in [1.54, 1.807) is 24.3 Å². The number of aliphatic hydroxyl groups is 1. The largest absolute Gasteiger partial charge is 0.491 e. The van der Waals surface area contributed by atoms with Crippen molar-refractivity contribution in [1.29, 1.82) is 0 Å². The third kappa shape index (κ3) is 4.55. The average molecular weight is 453 g/mol. The normalized spacial score (nSPS) is 12.4. The van der Waals surface area contributed by atoms with E-state index in [2.05, 4.69) is 39.4 Å². The molecule has 34 heavy (non-hydrogen) atoms. The Kier molecular flexibility index (Phi) is 6.09. The first-order valence-corrected chi connectivity index (χ1v) is 10.9. The van der Waals surface area contributed by atoms with Crippen LogP contribution in [-0.2, 0) is 6.54 Å². The summed E-state index contributed by atoms with van der Waals surface area (Å²) in [4.78, 5) is 11.8. The van der Waals surface area contributed by atoms with Crippen LogP contribution in [0.2, 0.25) is 0 Å². The van der Waals surface area contributed by atoms with E-state index in [4.69, 9.17) is 9.15 Å². The molecule has 0 bridgehead atoms. The first kappa shape index (κ1) is 21.5. The van der Waals surface area contributed by atoms with Gasteiger partial charge in [0.1, 0.15) is 18.5 Å². The molecule has 170 valence electrons. The van der Waals surface area contributed by atoms with Gasteiger partial charge >= 0.3 is 5.91 Å². The second kappa shape index (κ2) is 9.64. The van der Waals surface area contributed by atoms with Crippen molar-refractivity contribution in [2.45, 2.75) is 12.6 Å². The maximum Gasteiger partial charge on any atom is 0.307 e. The Labute approximate surface area is 195 Å². The highest BCUT2D eigenvalue weighted by Crippen LogP contribution is 2.28. The van der Waals surface area contributed by atoms with E-state index in [0.29, 0.717) is 12.3 Å². The number of hydrogen-bond donors (Lipinski definition) is 2. The summed E-state index contributed by atoms with van der Waals surface area (Å²) in [6, 6.07) is 26.8. The molecule has 7 nitrogen and oxygen atoms in total. The van der Waals surface area contributed by atoms with Gasteiger partial charge in [-0.3, -0.25) is 4.79 Å². The van der Waals surface area contributed by atoms with Crippen LogP contribution in [-0.4, -0.2) is 34.5 Å². The number of aromatic nitrogens is 1. The molecule has 1 atom stereocenters. The molecule has 7 heteroatoms. The van der Waals surface area contributed by atoms with Crippen LogP contribution in [0.1, 0.15) is 16.1 Å². The van der Waals surface area contributed by atoms with Crippen LogP contribution in [0.5, 0.6) is 5.75 Å². The summed E-state index contributed by atoms with van der Waals surface area (Å²) >= 11 is 0. The Morgan fingerprint density at radius 1 is 0.971 bits per heavy atom. The minimum absolute atomic E-state index is 0.160. The SMILES string of the molecule is O=C(N/N=C\c1ccc(OC[C@H](O)Cn2c3ccccc3c3ccccc32)cc1)c1ccco1. The van der Waals surface area contributed by atoms with Gasteiger partial charge in [0.25, 0.3) is 0 Å². The highest BCUT2D eigenvalue weighted by atomic mass is 16.5. The number of nitrogens with one attached hydrogen (secondary N) is 1. The van der Waals surface area contributed by atoms with Crippen molar-refractivity contribution in [3.05, 3.63) is 103 Å². The number of amides is 1. The second-order valence-electron chi connectivity index (χ2n) is 7.86. The van der Waals surface area contributed by atoms with Crippen molar-refractivity contribution in [1.82, 2.24) is 9.99 Å². The maximum absolute atomic E-state index is 11.8. The fraction of sp³-hybridized carbons (Fsp3) is 0.111. The lowest BCUT2D eigenvalue weighted by molar-refractivity contribution is 0.0927. The molecule has 0 saturated heterocycles. The Morgan fingerprint density at radius 2 is 1.65 bits per heavy atom. The lowest BCUT2D eigenvalue weighted by atomic mass is 10.2. The summed E-state index contributed by atoms with van der Waals surface area (Å²) in [6.07, 6.45) is 2.27. The molecule has 0 aliphatic rings. The number of furan rings is 1. The third-order valence-electron chi connectivity index (χ3n) is 5.52. The maximum atomic E-state index is 11.8. The third-order valence-corrected chi connectivity index (χ3v) is 5.52. The minimum Gasteiger partial charge on any atom is -0.491 e. The molecule has 0 saturated carbocycles. The van der Waals surface area contributed by atoms with E-state index in [0.717, 1.165) is 16.6 Å². The van der Waals surface area contributed by atoms with Crippen LogP contribution < -0.4 is 10.2 Å². The summed E-state index contributed by atoms with van der Waals surface area (Å²) in [5.41, 5.74) is 5.37. The molecular weight excluding hydrogens is 430 g/mol. The van der Waals surface area contributed by atoms with Gasteiger partial charge in [-0.15, -0.1) is 0 Å². The number of fused-ring (bicyclic) bond motifs is 3. The molecule has 0 fully saturated rings. The average Bonchev–Trinajstić information content (AvgIpc) is 3.52. The molecule has 2 N–H and O–H groups in total. The van der Waals surface area contributed by atoms with Crippen LogP contribution in [0.15, 0.2) is 101 Å². The number of ether oxygens (including phenoxy) is 1. The van der Waals surface area contributed by atoms with Crippen molar-refractivity contribution in [3.8, 4) is 5.75 Å². The topological polar surface area (TPSA) is 89.0 Å². The molecule has 3 aromatic carbocycles. The Bertz CT molecular complexity index is 1380. The zero-order valence-electron chi connectivity index (χ0n) is 18.3. The van der Waals surface area contributed by atoms with E-state index >= 15 is 0 Å². The van der Waals surface area contributed by atoms with E-state index in [1.165, 1.54) is 23.3 Å². The predicted octanol–water partition coefficient (Wildman–Crippen LogP) is 4.59. The van der Waals surface area contributed by atoms with Crippen LogP contribution in [0.3, 0.4) is 0 Å². The number of rotatable bonds is 8. The molecule has 5 aromatic rings. The van der Waals surface area contributed by atoms with E-state index in [-0.39, 0.29) is 12.4 Å². The number of benzene rings is 3. The lowest BCUT2D eigenvalue weighted by Gasteiger charge is -2.15.